The SMILES string of the molecule is CC[C@@H](C)NC(=O)[C@H](C)N(Cc1ccc(Cl)cc1)C(=O)CN(c1cc([N+](=O)[O-])ccc1OC)S(C)(=O)=O. The van der Waals surface area contributed by atoms with Crippen LogP contribution in [0.1, 0.15) is 32.8 Å². The van der Waals surface area contributed by atoms with E-state index in [1.54, 1.807) is 31.2 Å². The fourth-order valence-electron chi connectivity index (χ4n) is 3.42. The second kappa shape index (κ2) is 12.7. The number of nitrogens with one attached hydrogen (secondary N) is 1. The Labute approximate surface area is 221 Å². The molecule has 0 saturated carbocycles. The van der Waals surface area contributed by atoms with Gasteiger partial charge in [-0.15, -0.1) is 0 Å². The Hall–Kier alpha value is -3.38. The van der Waals surface area contributed by atoms with Gasteiger partial charge in [-0.05, 0) is 44.0 Å². The van der Waals surface area contributed by atoms with Crippen LogP contribution in [0.5, 0.6) is 5.75 Å². The molecular weight excluding hydrogens is 524 g/mol. The number of sulfonamides is 1. The molecule has 13 heteroatoms. The minimum Gasteiger partial charge on any atom is -0.495 e. The molecule has 0 fully saturated rings. The summed E-state index contributed by atoms with van der Waals surface area (Å²) in [5.74, 6) is -1.08. The van der Waals surface area contributed by atoms with Crippen LogP contribution in [-0.4, -0.2) is 62.0 Å². The molecule has 0 aliphatic rings. The van der Waals surface area contributed by atoms with Crippen molar-refractivity contribution in [2.45, 2.75) is 45.8 Å². The molecule has 0 spiro atoms. The van der Waals surface area contributed by atoms with Crippen molar-refractivity contribution in [3.63, 3.8) is 0 Å². The van der Waals surface area contributed by atoms with Crippen LogP contribution in [0, 0.1) is 10.1 Å². The number of halogens is 1. The van der Waals surface area contributed by atoms with Crippen LogP contribution in [0.15, 0.2) is 42.5 Å². The monoisotopic (exact) mass is 554 g/mol. The molecule has 0 aliphatic carbocycles. The van der Waals surface area contributed by atoms with Crippen molar-refractivity contribution in [3.8, 4) is 5.75 Å². The Bertz CT molecular complexity index is 1240. The summed E-state index contributed by atoms with van der Waals surface area (Å²) in [7, 11) is -2.82. The van der Waals surface area contributed by atoms with E-state index >= 15 is 0 Å². The molecule has 0 radical (unpaired) electrons. The van der Waals surface area contributed by atoms with E-state index in [1.165, 1.54) is 24.1 Å². The number of nitro groups is 1. The highest BCUT2D eigenvalue weighted by Gasteiger charge is 2.32. The van der Waals surface area contributed by atoms with Crippen molar-refractivity contribution in [1.29, 1.82) is 0 Å². The van der Waals surface area contributed by atoms with E-state index in [0.717, 1.165) is 16.6 Å². The van der Waals surface area contributed by atoms with Crippen LogP contribution >= 0.6 is 11.6 Å². The maximum Gasteiger partial charge on any atom is 0.271 e. The molecule has 2 amide bonds. The van der Waals surface area contributed by atoms with E-state index in [9.17, 15) is 28.1 Å². The Morgan fingerprint density at radius 2 is 1.78 bits per heavy atom. The number of non-ortho nitro benzene ring substituents is 1. The standard InChI is InChI=1S/C24H31ClN4O7S/c1-6-16(2)26-24(31)17(3)27(14-18-7-9-19(25)10-8-18)23(30)15-28(37(5,34)35)21-13-20(29(32)33)11-12-22(21)36-4/h7-13,16-17H,6,14-15H2,1-5H3,(H,26,31)/t16-,17+/m1/s1. The summed E-state index contributed by atoms with van der Waals surface area (Å²) in [4.78, 5) is 38.4. The fraction of sp³-hybridized carbons (Fsp3) is 0.417. The minimum absolute atomic E-state index is 0.00519. The normalized spacial score (nSPS) is 12.8. The zero-order chi connectivity index (χ0) is 27.9. The summed E-state index contributed by atoms with van der Waals surface area (Å²) in [5, 5.41) is 14.7. The van der Waals surface area contributed by atoms with Crippen LogP contribution in [0.4, 0.5) is 11.4 Å². The molecule has 0 aliphatic heterocycles. The van der Waals surface area contributed by atoms with Crippen molar-refractivity contribution >= 4 is 44.8 Å². The molecule has 2 aromatic carbocycles. The molecule has 11 nitrogen and oxygen atoms in total. The number of hydrogen-bond donors (Lipinski definition) is 1. The second-order valence-electron chi connectivity index (χ2n) is 8.52. The van der Waals surface area contributed by atoms with Gasteiger partial charge in [-0.2, -0.15) is 0 Å². The lowest BCUT2D eigenvalue weighted by atomic mass is 10.1. The molecule has 0 unspecified atom stereocenters. The van der Waals surface area contributed by atoms with Gasteiger partial charge in [0.05, 0.1) is 18.3 Å². The first-order valence-corrected chi connectivity index (χ1v) is 13.7. The first kappa shape index (κ1) is 29.8. The molecule has 0 bridgehead atoms. The van der Waals surface area contributed by atoms with Crippen LogP contribution in [-0.2, 0) is 26.2 Å². The second-order valence-corrected chi connectivity index (χ2v) is 10.9. The Balaban J connectivity index is 2.50. The van der Waals surface area contributed by atoms with Gasteiger partial charge in [0, 0.05) is 29.7 Å². The van der Waals surface area contributed by atoms with E-state index in [-0.39, 0.29) is 29.7 Å². The quantitative estimate of drug-likeness (QED) is 0.313. The highest BCUT2D eigenvalue weighted by molar-refractivity contribution is 7.92. The molecule has 2 atom stereocenters. The maximum absolute atomic E-state index is 13.6. The molecule has 202 valence electrons. The number of ether oxygens (including phenoxy) is 1. The number of anilines is 1. The van der Waals surface area contributed by atoms with Gasteiger partial charge in [0.25, 0.3) is 5.69 Å². The number of carbonyl (C=O) groups excluding carboxylic acids is 2. The summed E-state index contributed by atoms with van der Waals surface area (Å²) in [6, 6.07) is 9.02. The van der Waals surface area contributed by atoms with Crippen molar-refractivity contribution < 1.29 is 27.7 Å². The predicted octanol–water partition coefficient (Wildman–Crippen LogP) is 3.35. The predicted molar refractivity (Wildman–Crippen MR) is 141 cm³/mol. The van der Waals surface area contributed by atoms with E-state index < -0.39 is 39.3 Å². The summed E-state index contributed by atoms with van der Waals surface area (Å²) < 4.78 is 31.5. The molecule has 2 rings (SSSR count). The fourth-order valence-corrected chi connectivity index (χ4v) is 4.39. The number of amides is 2. The number of methoxy groups -OCH3 is 1. The third-order valence-corrected chi connectivity index (χ3v) is 7.13. The van der Waals surface area contributed by atoms with Crippen LogP contribution < -0.4 is 14.4 Å². The molecule has 1 N–H and O–H groups in total. The van der Waals surface area contributed by atoms with Crippen LogP contribution in [0.25, 0.3) is 0 Å². The van der Waals surface area contributed by atoms with Gasteiger partial charge in [-0.25, -0.2) is 8.42 Å². The molecule has 0 heterocycles. The van der Waals surface area contributed by atoms with Gasteiger partial charge < -0.3 is 15.0 Å². The maximum atomic E-state index is 13.6. The topological polar surface area (TPSA) is 139 Å². The average Bonchev–Trinajstić information content (AvgIpc) is 2.85. The molecule has 0 aromatic heterocycles. The molecule has 2 aromatic rings. The average molecular weight is 555 g/mol. The van der Waals surface area contributed by atoms with Crippen molar-refractivity contribution in [2.75, 3.05) is 24.2 Å². The molecule has 0 saturated heterocycles. The summed E-state index contributed by atoms with van der Waals surface area (Å²) in [6.45, 7) is 4.56. The first-order chi connectivity index (χ1) is 17.3. The largest absolute Gasteiger partial charge is 0.495 e. The van der Waals surface area contributed by atoms with Crippen molar-refractivity contribution in [3.05, 3.63) is 63.2 Å². The van der Waals surface area contributed by atoms with Crippen molar-refractivity contribution in [2.24, 2.45) is 0 Å². The third-order valence-electron chi connectivity index (χ3n) is 5.76. The van der Waals surface area contributed by atoms with Gasteiger partial charge in [-0.1, -0.05) is 30.7 Å². The zero-order valence-electron chi connectivity index (χ0n) is 21.3. The Morgan fingerprint density at radius 3 is 2.30 bits per heavy atom. The van der Waals surface area contributed by atoms with Crippen LogP contribution in [0.3, 0.4) is 0 Å². The Morgan fingerprint density at radius 1 is 1.16 bits per heavy atom. The lowest BCUT2D eigenvalue weighted by Gasteiger charge is -2.32. The van der Waals surface area contributed by atoms with Gasteiger partial charge in [-0.3, -0.25) is 24.0 Å². The third kappa shape index (κ3) is 8.05. The number of nitro benzene ring substituents is 1. The smallest absolute Gasteiger partial charge is 0.271 e. The summed E-state index contributed by atoms with van der Waals surface area (Å²) in [6.07, 6.45) is 1.55. The number of carbonyl (C=O) groups is 2. The molecular formula is C24H31ClN4O7S. The number of rotatable bonds is 12. The lowest BCUT2D eigenvalue weighted by molar-refractivity contribution is -0.384. The summed E-state index contributed by atoms with van der Waals surface area (Å²) in [5.41, 5.74) is 0.117. The van der Waals surface area contributed by atoms with Gasteiger partial charge in [0.1, 0.15) is 24.0 Å². The summed E-state index contributed by atoms with van der Waals surface area (Å²) >= 11 is 5.97. The van der Waals surface area contributed by atoms with Gasteiger partial charge in [0.15, 0.2) is 0 Å². The van der Waals surface area contributed by atoms with E-state index in [0.29, 0.717) is 17.0 Å². The first-order valence-electron chi connectivity index (χ1n) is 11.4. The number of nitrogens with zero attached hydrogens (tertiary/aromatic N) is 3. The van der Waals surface area contributed by atoms with Crippen molar-refractivity contribution in [1.82, 2.24) is 10.2 Å². The lowest BCUT2D eigenvalue weighted by Crippen LogP contribution is -2.52. The molecule has 37 heavy (non-hydrogen) atoms. The highest BCUT2D eigenvalue weighted by Crippen LogP contribution is 2.34. The van der Waals surface area contributed by atoms with Crippen LogP contribution in [0.2, 0.25) is 5.02 Å². The van der Waals surface area contributed by atoms with Gasteiger partial charge in [0.2, 0.25) is 21.8 Å². The zero-order valence-corrected chi connectivity index (χ0v) is 22.9. The van der Waals surface area contributed by atoms with E-state index in [1.807, 2.05) is 13.8 Å². The Kier molecular flexibility index (Phi) is 10.3. The highest BCUT2D eigenvalue weighted by atomic mass is 35.5. The van der Waals surface area contributed by atoms with E-state index in [2.05, 4.69) is 5.32 Å². The van der Waals surface area contributed by atoms with Gasteiger partial charge >= 0.3 is 0 Å². The number of hydrogen-bond acceptors (Lipinski definition) is 7. The number of benzene rings is 2. The minimum atomic E-state index is -4.10. The van der Waals surface area contributed by atoms with E-state index in [4.69, 9.17) is 16.3 Å².